The number of fused-ring (bicyclic) bond motifs is 1. The average Bonchev–Trinajstić information content (AvgIpc) is 2.99. The molecular weight excluding hydrogens is 380 g/mol. The lowest BCUT2D eigenvalue weighted by Gasteiger charge is -2.18. The van der Waals surface area contributed by atoms with Crippen LogP contribution < -0.4 is 15.0 Å². The standard InChI is InChI=1S/C24H24N2O4/c1-3-30-19-10-8-17(9-11-19)25-22(27)16-5-4-6-18(14-16)26-23(28)20-12-7-15(2)13-21(20)24(26)29/h4-11,14,20-21H,3,12-13H2,1-2H3,(H,25,27)/t20-,21+/m1/s1. The lowest BCUT2D eigenvalue weighted by Crippen LogP contribution is -2.31. The summed E-state index contributed by atoms with van der Waals surface area (Å²) in [7, 11) is 0. The minimum Gasteiger partial charge on any atom is -0.494 e. The van der Waals surface area contributed by atoms with Gasteiger partial charge in [0.15, 0.2) is 0 Å². The van der Waals surface area contributed by atoms with Crippen molar-refractivity contribution in [2.45, 2.75) is 26.7 Å². The second-order valence-electron chi connectivity index (χ2n) is 7.68. The van der Waals surface area contributed by atoms with Crippen LogP contribution in [0.15, 0.2) is 60.2 Å². The van der Waals surface area contributed by atoms with Crippen LogP contribution in [-0.2, 0) is 9.59 Å². The summed E-state index contributed by atoms with van der Waals surface area (Å²) in [4.78, 5) is 39.8. The molecule has 0 radical (unpaired) electrons. The van der Waals surface area contributed by atoms with E-state index in [1.807, 2.05) is 19.9 Å². The van der Waals surface area contributed by atoms with Crippen LogP contribution in [0.3, 0.4) is 0 Å². The Labute approximate surface area is 175 Å². The molecule has 1 heterocycles. The molecule has 3 amide bonds. The summed E-state index contributed by atoms with van der Waals surface area (Å²) in [6.45, 7) is 4.47. The molecule has 30 heavy (non-hydrogen) atoms. The fourth-order valence-electron chi connectivity index (χ4n) is 4.08. The van der Waals surface area contributed by atoms with Gasteiger partial charge in [0.25, 0.3) is 5.91 Å². The van der Waals surface area contributed by atoms with Crippen molar-refractivity contribution in [1.82, 2.24) is 0 Å². The topological polar surface area (TPSA) is 75.7 Å². The van der Waals surface area contributed by atoms with E-state index in [-0.39, 0.29) is 29.6 Å². The van der Waals surface area contributed by atoms with Crippen LogP contribution in [-0.4, -0.2) is 24.3 Å². The van der Waals surface area contributed by atoms with E-state index in [2.05, 4.69) is 5.32 Å². The number of nitrogens with zero attached hydrogens (tertiary/aromatic N) is 1. The van der Waals surface area contributed by atoms with E-state index < -0.39 is 0 Å². The number of imide groups is 1. The molecule has 2 aromatic carbocycles. The van der Waals surface area contributed by atoms with Crippen LogP contribution in [0.4, 0.5) is 11.4 Å². The van der Waals surface area contributed by atoms with Crippen LogP contribution in [0.2, 0.25) is 0 Å². The van der Waals surface area contributed by atoms with E-state index in [4.69, 9.17) is 4.74 Å². The molecule has 2 aliphatic rings. The van der Waals surface area contributed by atoms with Gasteiger partial charge in [0, 0.05) is 11.3 Å². The van der Waals surface area contributed by atoms with E-state index in [1.165, 1.54) is 4.90 Å². The van der Waals surface area contributed by atoms with Crippen molar-refractivity contribution in [3.8, 4) is 5.75 Å². The summed E-state index contributed by atoms with van der Waals surface area (Å²) in [5, 5.41) is 2.83. The number of amides is 3. The lowest BCUT2D eigenvalue weighted by atomic mass is 9.82. The van der Waals surface area contributed by atoms with Gasteiger partial charge in [0.1, 0.15) is 5.75 Å². The first-order chi connectivity index (χ1) is 14.5. The van der Waals surface area contributed by atoms with E-state index >= 15 is 0 Å². The third kappa shape index (κ3) is 3.73. The van der Waals surface area contributed by atoms with Crippen molar-refractivity contribution in [2.24, 2.45) is 11.8 Å². The monoisotopic (exact) mass is 404 g/mol. The van der Waals surface area contributed by atoms with Crippen LogP contribution in [0.1, 0.15) is 37.0 Å². The molecule has 6 heteroatoms. The Balaban J connectivity index is 1.52. The first-order valence-corrected chi connectivity index (χ1v) is 10.2. The highest BCUT2D eigenvalue weighted by Crippen LogP contribution is 2.39. The van der Waals surface area contributed by atoms with Gasteiger partial charge in [-0.05, 0) is 69.2 Å². The smallest absolute Gasteiger partial charge is 0.255 e. The molecule has 154 valence electrons. The zero-order valence-corrected chi connectivity index (χ0v) is 17.1. The minimum absolute atomic E-state index is 0.179. The average molecular weight is 404 g/mol. The van der Waals surface area contributed by atoms with Crippen LogP contribution >= 0.6 is 0 Å². The van der Waals surface area contributed by atoms with E-state index in [9.17, 15) is 14.4 Å². The highest BCUT2D eigenvalue weighted by molar-refractivity contribution is 6.22. The fraction of sp³-hybridized carbons (Fsp3) is 0.292. The van der Waals surface area contributed by atoms with E-state index in [1.54, 1.807) is 48.5 Å². The molecule has 6 nitrogen and oxygen atoms in total. The lowest BCUT2D eigenvalue weighted by molar-refractivity contribution is -0.122. The predicted octanol–water partition coefficient (Wildman–Crippen LogP) is 4.18. The number of rotatable bonds is 5. The summed E-state index contributed by atoms with van der Waals surface area (Å²) in [6, 6.07) is 13.7. The van der Waals surface area contributed by atoms with Gasteiger partial charge in [-0.25, -0.2) is 0 Å². The first-order valence-electron chi connectivity index (χ1n) is 10.2. The number of nitrogens with one attached hydrogen (secondary N) is 1. The SMILES string of the molecule is CCOc1ccc(NC(=O)c2cccc(N3C(=O)[C@H]4CC(C)=CC[C@H]4C3=O)c2)cc1. The summed E-state index contributed by atoms with van der Waals surface area (Å²) < 4.78 is 5.40. The van der Waals surface area contributed by atoms with E-state index in [0.29, 0.717) is 36.4 Å². The molecule has 1 N–H and O–H groups in total. The molecule has 4 rings (SSSR count). The van der Waals surface area contributed by atoms with Crippen molar-refractivity contribution in [3.05, 3.63) is 65.7 Å². The third-order valence-electron chi connectivity index (χ3n) is 5.61. The number of hydrogen-bond acceptors (Lipinski definition) is 4. The number of hydrogen-bond donors (Lipinski definition) is 1. The maximum absolute atomic E-state index is 12.9. The quantitative estimate of drug-likeness (QED) is 0.599. The Hall–Kier alpha value is -3.41. The second-order valence-corrected chi connectivity index (χ2v) is 7.68. The molecule has 2 aromatic rings. The van der Waals surface area contributed by atoms with Crippen molar-refractivity contribution < 1.29 is 19.1 Å². The second kappa shape index (κ2) is 8.14. The largest absolute Gasteiger partial charge is 0.494 e. The number of allylic oxidation sites excluding steroid dienone is 2. The molecule has 1 fully saturated rings. The van der Waals surface area contributed by atoms with Crippen molar-refractivity contribution >= 4 is 29.1 Å². The Morgan fingerprint density at radius 2 is 1.83 bits per heavy atom. The van der Waals surface area contributed by atoms with Crippen LogP contribution in [0, 0.1) is 11.8 Å². The van der Waals surface area contributed by atoms with Gasteiger partial charge in [-0.3, -0.25) is 19.3 Å². The van der Waals surface area contributed by atoms with Gasteiger partial charge < -0.3 is 10.1 Å². The van der Waals surface area contributed by atoms with E-state index in [0.717, 1.165) is 11.3 Å². The van der Waals surface area contributed by atoms with Gasteiger partial charge in [-0.1, -0.05) is 17.7 Å². The highest BCUT2D eigenvalue weighted by Gasteiger charge is 2.48. The van der Waals surface area contributed by atoms with Crippen molar-refractivity contribution in [3.63, 3.8) is 0 Å². The predicted molar refractivity (Wildman–Crippen MR) is 114 cm³/mol. The minimum atomic E-state index is -0.310. The molecule has 0 aromatic heterocycles. The number of anilines is 2. The molecule has 0 saturated carbocycles. The van der Waals surface area contributed by atoms with Crippen molar-refractivity contribution in [1.29, 1.82) is 0 Å². The van der Waals surface area contributed by atoms with Gasteiger partial charge >= 0.3 is 0 Å². The Morgan fingerprint density at radius 3 is 2.57 bits per heavy atom. The summed E-state index contributed by atoms with van der Waals surface area (Å²) in [5.74, 6) is -0.546. The molecule has 1 saturated heterocycles. The molecule has 1 aliphatic heterocycles. The van der Waals surface area contributed by atoms with Gasteiger partial charge in [0.05, 0.1) is 24.1 Å². The van der Waals surface area contributed by atoms with Gasteiger partial charge in [-0.2, -0.15) is 0 Å². The number of ether oxygens (including phenoxy) is 1. The molecule has 0 unspecified atom stereocenters. The first kappa shape index (κ1) is 19.9. The Kier molecular flexibility index (Phi) is 5.40. The summed E-state index contributed by atoms with van der Waals surface area (Å²) >= 11 is 0. The van der Waals surface area contributed by atoms with Crippen LogP contribution in [0.25, 0.3) is 0 Å². The molecule has 2 atom stereocenters. The fourth-order valence-corrected chi connectivity index (χ4v) is 4.08. The molecule has 0 spiro atoms. The zero-order chi connectivity index (χ0) is 21.3. The maximum atomic E-state index is 12.9. The summed E-state index contributed by atoms with van der Waals surface area (Å²) in [6.07, 6.45) is 3.25. The van der Waals surface area contributed by atoms with Gasteiger partial charge in [0.2, 0.25) is 11.8 Å². The zero-order valence-electron chi connectivity index (χ0n) is 17.1. The van der Waals surface area contributed by atoms with Crippen LogP contribution in [0.5, 0.6) is 5.75 Å². The summed E-state index contributed by atoms with van der Waals surface area (Å²) in [5.41, 5.74) is 2.60. The Bertz CT molecular complexity index is 1030. The van der Waals surface area contributed by atoms with Crippen molar-refractivity contribution in [2.75, 3.05) is 16.8 Å². The third-order valence-corrected chi connectivity index (χ3v) is 5.61. The number of benzene rings is 2. The normalized spacial score (nSPS) is 20.6. The molecular formula is C24H24N2O4. The van der Waals surface area contributed by atoms with Gasteiger partial charge in [-0.15, -0.1) is 0 Å². The molecule has 0 bridgehead atoms. The number of carbonyl (C=O) groups is 3. The molecule has 1 aliphatic carbocycles. The maximum Gasteiger partial charge on any atom is 0.255 e. The Morgan fingerprint density at radius 1 is 1.10 bits per heavy atom. The number of carbonyl (C=O) groups excluding carboxylic acids is 3. The highest BCUT2D eigenvalue weighted by atomic mass is 16.5.